The highest BCUT2D eigenvalue weighted by molar-refractivity contribution is 5.70. The minimum absolute atomic E-state index is 0.0233. The van der Waals surface area contributed by atoms with Gasteiger partial charge < -0.3 is 19.1 Å². The van der Waals surface area contributed by atoms with Crippen LogP contribution in [-0.2, 0) is 28.6 Å². The van der Waals surface area contributed by atoms with E-state index < -0.39 is 0 Å². The molecule has 3 aliphatic carbocycles. The normalized spacial score (nSPS) is 20.6. The van der Waals surface area contributed by atoms with E-state index in [9.17, 15) is 14.4 Å². The summed E-state index contributed by atoms with van der Waals surface area (Å²) in [7, 11) is 4.06. The molecule has 7 heteroatoms. The van der Waals surface area contributed by atoms with E-state index >= 15 is 0 Å². The maximum absolute atomic E-state index is 12.4. The highest BCUT2D eigenvalue weighted by Crippen LogP contribution is 2.73. The van der Waals surface area contributed by atoms with Gasteiger partial charge in [0.25, 0.3) is 0 Å². The zero-order valence-electron chi connectivity index (χ0n) is 36.6. The molecule has 0 N–H and O–H groups in total. The lowest BCUT2D eigenvalue weighted by atomic mass is 9.45. The summed E-state index contributed by atoms with van der Waals surface area (Å²) in [6, 6.07) is 0. The maximum Gasteiger partial charge on any atom is 0.305 e. The van der Waals surface area contributed by atoms with Crippen LogP contribution in [0.15, 0.2) is 0 Å². The first kappa shape index (κ1) is 48.5. The van der Waals surface area contributed by atoms with Crippen LogP contribution in [0.25, 0.3) is 0 Å². The minimum atomic E-state index is -0.0769. The van der Waals surface area contributed by atoms with Gasteiger partial charge in [-0.1, -0.05) is 137 Å². The molecule has 0 aromatic heterocycles. The van der Waals surface area contributed by atoms with Gasteiger partial charge in [-0.25, -0.2) is 0 Å². The first-order valence-corrected chi connectivity index (χ1v) is 23.1. The molecule has 0 aromatic rings. The summed E-state index contributed by atoms with van der Waals surface area (Å²) in [6.07, 6.45) is 29.1. The van der Waals surface area contributed by atoms with Crippen LogP contribution in [0.3, 0.4) is 0 Å². The van der Waals surface area contributed by atoms with Crippen molar-refractivity contribution in [2.45, 2.75) is 208 Å². The van der Waals surface area contributed by atoms with Crippen molar-refractivity contribution in [2.75, 3.05) is 40.5 Å². The molecule has 54 heavy (non-hydrogen) atoms. The number of rotatable bonds is 35. The van der Waals surface area contributed by atoms with Crippen LogP contribution in [0.2, 0.25) is 0 Å². The van der Waals surface area contributed by atoms with Gasteiger partial charge in [0.1, 0.15) is 0 Å². The smallest absolute Gasteiger partial charge is 0.305 e. The molecular formula is C47H87NO6. The van der Waals surface area contributed by atoms with Gasteiger partial charge in [0.05, 0.1) is 19.8 Å². The predicted octanol–water partition coefficient (Wildman–Crippen LogP) is 12.3. The fraction of sp³-hybridized carbons (Fsp3) is 0.936. The van der Waals surface area contributed by atoms with E-state index in [0.29, 0.717) is 73.6 Å². The fourth-order valence-corrected chi connectivity index (χ4v) is 9.64. The molecule has 0 radical (unpaired) electrons. The zero-order chi connectivity index (χ0) is 39.7. The minimum Gasteiger partial charge on any atom is -0.466 e. The van der Waals surface area contributed by atoms with Crippen LogP contribution >= 0.6 is 0 Å². The Morgan fingerprint density at radius 3 is 1.59 bits per heavy atom. The predicted molar refractivity (Wildman–Crippen MR) is 223 cm³/mol. The fourth-order valence-electron chi connectivity index (χ4n) is 9.64. The molecule has 3 fully saturated rings. The molecule has 0 saturated heterocycles. The second-order valence-electron chi connectivity index (χ2n) is 18.5. The molecule has 2 bridgehead atoms. The molecule has 3 aliphatic rings. The molecule has 0 amide bonds. The summed E-state index contributed by atoms with van der Waals surface area (Å²) >= 11 is 0. The van der Waals surface area contributed by atoms with E-state index in [1.807, 2.05) is 14.1 Å². The Morgan fingerprint density at radius 1 is 0.593 bits per heavy atom. The van der Waals surface area contributed by atoms with Crippen LogP contribution in [0, 0.1) is 34.5 Å². The largest absolute Gasteiger partial charge is 0.466 e. The third kappa shape index (κ3) is 18.5. The molecule has 0 heterocycles. The molecule has 4 atom stereocenters. The number of unbranched alkanes of at least 4 members (excludes halogenated alkanes) is 12. The Balaban J connectivity index is 1.57. The third-order valence-electron chi connectivity index (χ3n) is 13.8. The van der Waals surface area contributed by atoms with E-state index in [-0.39, 0.29) is 17.9 Å². The number of carbonyl (C=O) groups excluding carboxylic acids is 3. The van der Waals surface area contributed by atoms with Crippen molar-refractivity contribution in [1.82, 2.24) is 4.90 Å². The van der Waals surface area contributed by atoms with Crippen LogP contribution in [0.5, 0.6) is 0 Å². The third-order valence-corrected chi connectivity index (χ3v) is 13.8. The van der Waals surface area contributed by atoms with Crippen LogP contribution in [-0.4, -0.2) is 63.3 Å². The van der Waals surface area contributed by atoms with Gasteiger partial charge >= 0.3 is 17.9 Å². The average Bonchev–Trinajstić information content (AvgIpc) is 3.61. The van der Waals surface area contributed by atoms with Crippen molar-refractivity contribution in [3.8, 4) is 0 Å². The van der Waals surface area contributed by atoms with E-state index in [1.54, 1.807) is 0 Å². The lowest BCUT2D eigenvalue weighted by Gasteiger charge is -2.59. The molecule has 0 aromatic carbocycles. The van der Waals surface area contributed by atoms with Crippen molar-refractivity contribution in [3.63, 3.8) is 0 Å². The molecule has 0 aliphatic heterocycles. The molecule has 3 rings (SSSR count). The summed E-state index contributed by atoms with van der Waals surface area (Å²) in [5.41, 5.74) is 0.724. The number of esters is 3. The van der Waals surface area contributed by atoms with Gasteiger partial charge in [-0.2, -0.15) is 0 Å². The van der Waals surface area contributed by atoms with E-state index in [0.717, 1.165) is 96.4 Å². The lowest BCUT2D eigenvalue weighted by Crippen LogP contribution is -2.56. The molecule has 4 unspecified atom stereocenters. The van der Waals surface area contributed by atoms with Gasteiger partial charge in [0, 0.05) is 25.2 Å². The number of hydrogen-bond donors (Lipinski definition) is 0. The van der Waals surface area contributed by atoms with Gasteiger partial charge in [0.15, 0.2) is 0 Å². The Morgan fingerprint density at radius 2 is 1.07 bits per heavy atom. The molecule has 3 saturated carbocycles. The monoisotopic (exact) mass is 762 g/mol. The van der Waals surface area contributed by atoms with Gasteiger partial charge in [-0.15, -0.1) is 0 Å². The van der Waals surface area contributed by atoms with Crippen molar-refractivity contribution in [2.24, 2.45) is 34.5 Å². The first-order valence-electron chi connectivity index (χ1n) is 23.1. The average molecular weight is 762 g/mol. The summed E-state index contributed by atoms with van der Waals surface area (Å²) in [6.45, 7) is 14.3. The Kier molecular flexibility index (Phi) is 25.1. The highest BCUT2D eigenvalue weighted by atomic mass is 16.5. The number of nitrogens with zero attached hydrogens (tertiary/aromatic N) is 1. The summed E-state index contributed by atoms with van der Waals surface area (Å²) in [4.78, 5) is 39.3. The van der Waals surface area contributed by atoms with Crippen molar-refractivity contribution >= 4 is 17.9 Å². The van der Waals surface area contributed by atoms with Crippen molar-refractivity contribution in [3.05, 3.63) is 0 Å². The van der Waals surface area contributed by atoms with E-state index in [4.69, 9.17) is 14.2 Å². The Bertz CT molecular complexity index is 1000. The summed E-state index contributed by atoms with van der Waals surface area (Å²) in [5, 5.41) is 0. The summed E-state index contributed by atoms with van der Waals surface area (Å²) < 4.78 is 17.1. The molecule has 0 spiro atoms. The Labute approximate surface area is 333 Å². The zero-order valence-corrected chi connectivity index (χ0v) is 36.6. The van der Waals surface area contributed by atoms with Crippen LogP contribution < -0.4 is 0 Å². The molecule has 7 nitrogen and oxygen atoms in total. The highest BCUT2D eigenvalue weighted by Gasteiger charge is 2.68. The second-order valence-corrected chi connectivity index (χ2v) is 18.5. The van der Waals surface area contributed by atoms with Gasteiger partial charge in [-0.05, 0) is 101 Å². The van der Waals surface area contributed by atoms with Crippen molar-refractivity contribution in [1.29, 1.82) is 0 Å². The molecular weight excluding hydrogens is 675 g/mol. The number of fused-ring (bicyclic) bond motifs is 1. The number of hydrogen-bond acceptors (Lipinski definition) is 7. The van der Waals surface area contributed by atoms with E-state index in [2.05, 4.69) is 39.5 Å². The van der Waals surface area contributed by atoms with E-state index in [1.165, 1.54) is 64.2 Å². The lowest BCUT2D eigenvalue weighted by molar-refractivity contribution is -0.168. The summed E-state index contributed by atoms with van der Waals surface area (Å²) in [5.74, 6) is 2.22. The number of carbonyl (C=O) groups is 3. The molecule has 316 valence electrons. The van der Waals surface area contributed by atoms with Crippen LogP contribution in [0.1, 0.15) is 208 Å². The quantitative estimate of drug-likeness (QED) is 0.0361. The van der Waals surface area contributed by atoms with Crippen LogP contribution in [0.4, 0.5) is 0 Å². The second kappa shape index (κ2) is 27.9. The van der Waals surface area contributed by atoms with Gasteiger partial charge in [-0.3, -0.25) is 14.4 Å². The van der Waals surface area contributed by atoms with Gasteiger partial charge in [0.2, 0.25) is 0 Å². The first-order chi connectivity index (χ1) is 25.9. The van der Waals surface area contributed by atoms with Crippen molar-refractivity contribution < 1.29 is 28.6 Å². The maximum atomic E-state index is 12.4. The number of ether oxygens (including phenoxy) is 3. The topological polar surface area (TPSA) is 82.1 Å². The standard InChI is InChI=1S/C47H87NO6/c1-8-10-18-25-39(26-19-11-9-2)33-36-52-43(49)29-22-16-12-14-20-27-40(37-53-45(51)31-24-35-48(6)7)28-21-15-13-17-23-30-44(50)54-38-42-41-32-34-47(42,5)46(41,3)4/h39-42H,8-38H2,1-7H3. The SMILES string of the molecule is CCCCCC(CCCCC)CCOC(=O)CCCCCCCC(CCCCCCCC(=O)OCC1C2CCC1(C)C2(C)C)COC(=O)CCCN(C)C. The Hall–Kier alpha value is -1.63.